The monoisotopic (exact) mass is 347 g/mol. The Morgan fingerprint density at radius 3 is 2.38 bits per heavy atom. The van der Waals surface area contributed by atoms with Gasteiger partial charge in [-0.3, -0.25) is 0 Å². The van der Waals surface area contributed by atoms with Gasteiger partial charge in [0.1, 0.15) is 5.82 Å². The minimum atomic E-state index is -3.85. The van der Waals surface area contributed by atoms with Crippen LogP contribution in [0.2, 0.25) is 0 Å². The van der Waals surface area contributed by atoms with Crippen LogP contribution in [0.4, 0.5) is 4.39 Å². The number of sulfonamides is 1. The molecule has 3 rings (SSSR count). The minimum Gasteiger partial charge on any atom is -0.390 e. The number of aromatic nitrogens is 2. The molecule has 0 aliphatic heterocycles. The fourth-order valence-corrected chi connectivity index (χ4v) is 3.16. The molecule has 0 saturated heterocycles. The summed E-state index contributed by atoms with van der Waals surface area (Å²) in [5, 5.41) is 13.3. The molecule has 0 amide bonds. The van der Waals surface area contributed by atoms with Crippen LogP contribution in [0.25, 0.3) is 11.3 Å². The van der Waals surface area contributed by atoms with Gasteiger partial charge in [-0.25, -0.2) is 4.39 Å². The molecule has 0 atom stereocenters. The zero-order chi connectivity index (χ0) is 17.2. The van der Waals surface area contributed by atoms with Gasteiger partial charge in [-0.2, -0.15) is 23.1 Å². The molecule has 2 aromatic carbocycles. The molecule has 2 N–H and O–H groups in total. The van der Waals surface area contributed by atoms with Gasteiger partial charge in [0.05, 0.1) is 22.9 Å². The maximum atomic E-state index is 13.1. The largest absolute Gasteiger partial charge is 0.390 e. The van der Waals surface area contributed by atoms with Crippen LogP contribution in [0.5, 0.6) is 0 Å². The Balaban J connectivity index is 2.02. The molecular formula is C16H14FN3O3S. The van der Waals surface area contributed by atoms with Crippen LogP contribution < -0.4 is 4.83 Å². The molecule has 0 unspecified atom stereocenters. The average molecular weight is 347 g/mol. The highest BCUT2D eigenvalue weighted by Gasteiger charge is 2.18. The Morgan fingerprint density at radius 2 is 1.75 bits per heavy atom. The Morgan fingerprint density at radius 1 is 1.08 bits per heavy atom. The van der Waals surface area contributed by atoms with Crippen molar-refractivity contribution in [2.45, 2.75) is 11.5 Å². The predicted octanol–water partition coefficient (Wildman–Crippen LogP) is 2.11. The van der Waals surface area contributed by atoms with Gasteiger partial charge in [0, 0.05) is 5.56 Å². The van der Waals surface area contributed by atoms with E-state index in [1.54, 1.807) is 18.2 Å². The SMILES string of the molecule is O=S(=O)(Nn1nc(CO)cc1-c1ccc(F)cc1)c1ccccc1. The van der Waals surface area contributed by atoms with Crippen molar-refractivity contribution in [1.82, 2.24) is 9.89 Å². The zero-order valence-electron chi connectivity index (χ0n) is 12.4. The predicted molar refractivity (Wildman–Crippen MR) is 86.5 cm³/mol. The minimum absolute atomic E-state index is 0.0797. The van der Waals surface area contributed by atoms with Crippen LogP contribution in [-0.4, -0.2) is 23.4 Å². The number of benzene rings is 2. The van der Waals surface area contributed by atoms with Crippen molar-refractivity contribution in [2.24, 2.45) is 0 Å². The maximum absolute atomic E-state index is 13.1. The van der Waals surface area contributed by atoms with Crippen LogP contribution in [0.1, 0.15) is 5.69 Å². The lowest BCUT2D eigenvalue weighted by Crippen LogP contribution is -2.25. The summed E-state index contributed by atoms with van der Waals surface area (Å²) in [5.74, 6) is -0.405. The summed E-state index contributed by atoms with van der Waals surface area (Å²) in [4.78, 5) is 3.48. The van der Waals surface area contributed by atoms with Crippen molar-refractivity contribution in [3.63, 3.8) is 0 Å². The van der Waals surface area contributed by atoms with Gasteiger partial charge in [-0.05, 0) is 42.5 Å². The molecular weight excluding hydrogens is 333 g/mol. The second-order valence-electron chi connectivity index (χ2n) is 5.01. The first-order chi connectivity index (χ1) is 11.5. The molecule has 3 aromatic rings. The summed E-state index contributed by atoms with van der Waals surface area (Å²) < 4.78 is 38.0. The lowest BCUT2D eigenvalue weighted by Gasteiger charge is -2.11. The van der Waals surface area contributed by atoms with E-state index >= 15 is 0 Å². The van der Waals surface area contributed by atoms with Gasteiger partial charge in [-0.1, -0.05) is 18.2 Å². The fourth-order valence-electron chi connectivity index (χ4n) is 2.17. The highest BCUT2D eigenvalue weighted by atomic mass is 32.2. The third-order valence-electron chi connectivity index (χ3n) is 3.32. The number of aliphatic hydroxyl groups excluding tert-OH is 1. The smallest absolute Gasteiger partial charge is 0.276 e. The first kappa shape index (κ1) is 16.2. The van der Waals surface area contributed by atoms with E-state index in [1.807, 2.05) is 0 Å². The summed E-state index contributed by atoms with van der Waals surface area (Å²) in [6, 6.07) is 14.9. The van der Waals surface area contributed by atoms with Crippen molar-refractivity contribution >= 4 is 10.0 Å². The summed E-state index contributed by atoms with van der Waals surface area (Å²) in [7, 11) is -3.85. The number of nitrogens with zero attached hydrogens (tertiary/aromatic N) is 2. The summed E-state index contributed by atoms with van der Waals surface area (Å²) in [6.45, 7) is -0.353. The quantitative estimate of drug-likeness (QED) is 0.740. The van der Waals surface area contributed by atoms with Gasteiger partial charge in [0.2, 0.25) is 0 Å². The van der Waals surface area contributed by atoms with Crippen molar-refractivity contribution in [3.05, 3.63) is 72.2 Å². The summed E-state index contributed by atoms with van der Waals surface area (Å²) in [5.41, 5.74) is 1.23. The normalized spacial score (nSPS) is 11.4. The molecule has 1 aromatic heterocycles. The molecule has 0 aliphatic rings. The Hall–Kier alpha value is -2.71. The molecule has 8 heteroatoms. The Labute approximate surface area is 138 Å². The number of rotatable bonds is 5. The van der Waals surface area contributed by atoms with Crippen LogP contribution in [0.15, 0.2) is 65.6 Å². The molecule has 0 radical (unpaired) electrons. The van der Waals surface area contributed by atoms with Gasteiger partial charge in [0.15, 0.2) is 0 Å². The number of nitrogens with one attached hydrogen (secondary N) is 1. The van der Waals surface area contributed by atoms with Gasteiger partial charge >= 0.3 is 0 Å². The van der Waals surface area contributed by atoms with Crippen LogP contribution >= 0.6 is 0 Å². The van der Waals surface area contributed by atoms with Gasteiger partial charge < -0.3 is 5.11 Å². The molecule has 0 bridgehead atoms. The molecule has 0 spiro atoms. The van der Waals surface area contributed by atoms with Gasteiger partial charge in [-0.15, -0.1) is 0 Å². The summed E-state index contributed by atoms with van der Waals surface area (Å²) >= 11 is 0. The third kappa shape index (κ3) is 3.29. The highest BCUT2D eigenvalue weighted by molar-refractivity contribution is 7.92. The van der Waals surface area contributed by atoms with E-state index in [-0.39, 0.29) is 17.2 Å². The van der Waals surface area contributed by atoms with Crippen molar-refractivity contribution in [3.8, 4) is 11.3 Å². The van der Waals surface area contributed by atoms with E-state index in [0.29, 0.717) is 11.3 Å². The van der Waals surface area contributed by atoms with E-state index in [2.05, 4.69) is 9.93 Å². The average Bonchev–Trinajstić information content (AvgIpc) is 2.98. The fraction of sp³-hybridized carbons (Fsp3) is 0.0625. The number of hydrogen-bond acceptors (Lipinski definition) is 4. The zero-order valence-corrected chi connectivity index (χ0v) is 13.2. The van der Waals surface area contributed by atoms with Crippen molar-refractivity contribution < 1.29 is 17.9 Å². The van der Waals surface area contributed by atoms with Crippen LogP contribution in [0.3, 0.4) is 0 Å². The Bertz CT molecular complexity index is 938. The molecule has 0 fully saturated rings. The van der Waals surface area contributed by atoms with E-state index in [0.717, 1.165) is 4.79 Å². The third-order valence-corrected chi connectivity index (χ3v) is 4.63. The number of aliphatic hydroxyl groups is 1. The van der Waals surface area contributed by atoms with E-state index in [1.165, 1.54) is 42.5 Å². The second kappa shape index (κ2) is 6.42. The van der Waals surface area contributed by atoms with Crippen molar-refractivity contribution in [1.29, 1.82) is 0 Å². The Kier molecular flexibility index (Phi) is 4.32. The van der Waals surface area contributed by atoms with Crippen LogP contribution in [0, 0.1) is 5.82 Å². The highest BCUT2D eigenvalue weighted by Crippen LogP contribution is 2.21. The molecule has 0 aliphatic carbocycles. The topological polar surface area (TPSA) is 84.2 Å². The standard InChI is InChI=1S/C16H14FN3O3S/c17-13-8-6-12(7-9-13)16-10-14(11-21)18-20(16)19-24(22,23)15-4-2-1-3-5-15/h1-10,19,21H,11H2. The molecule has 6 nitrogen and oxygen atoms in total. The summed E-state index contributed by atoms with van der Waals surface area (Å²) in [6.07, 6.45) is 0. The number of halogens is 1. The molecule has 1 heterocycles. The first-order valence-corrected chi connectivity index (χ1v) is 8.51. The molecule has 124 valence electrons. The molecule has 24 heavy (non-hydrogen) atoms. The lowest BCUT2D eigenvalue weighted by atomic mass is 10.1. The first-order valence-electron chi connectivity index (χ1n) is 7.03. The number of hydrogen-bond donors (Lipinski definition) is 2. The maximum Gasteiger partial charge on any atom is 0.276 e. The van der Waals surface area contributed by atoms with E-state index in [9.17, 15) is 17.9 Å². The second-order valence-corrected chi connectivity index (χ2v) is 6.67. The van der Waals surface area contributed by atoms with E-state index in [4.69, 9.17) is 0 Å². The van der Waals surface area contributed by atoms with E-state index < -0.39 is 15.8 Å². The van der Waals surface area contributed by atoms with Crippen molar-refractivity contribution in [2.75, 3.05) is 4.83 Å². The van der Waals surface area contributed by atoms with Gasteiger partial charge in [0.25, 0.3) is 10.0 Å². The lowest BCUT2D eigenvalue weighted by molar-refractivity contribution is 0.276. The molecule has 0 saturated carbocycles. The van der Waals surface area contributed by atoms with Crippen LogP contribution in [-0.2, 0) is 16.6 Å².